The van der Waals surface area contributed by atoms with Gasteiger partial charge in [-0.2, -0.15) is 0 Å². The van der Waals surface area contributed by atoms with Crippen molar-refractivity contribution in [3.63, 3.8) is 0 Å². The van der Waals surface area contributed by atoms with Crippen LogP contribution in [0, 0.1) is 5.82 Å². The number of nitrogens with zero attached hydrogens (tertiary/aromatic N) is 1. The van der Waals surface area contributed by atoms with Gasteiger partial charge in [0.2, 0.25) is 5.90 Å². The number of hydrogen-bond donors (Lipinski definition) is 1. The van der Waals surface area contributed by atoms with Gasteiger partial charge in [0, 0.05) is 6.42 Å². The first-order chi connectivity index (χ1) is 13.5. The van der Waals surface area contributed by atoms with Gasteiger partial charge in [0.05, 0.1) is 5.56 Å². The molecule has 6 nitrogen and oxygen atoms in total. The number of benzene rings is 2. The summed E-state index contributed by atoms with van der Waals surface area (Å²) >= 11 is 0. The lowest BCUT2D eigenvalue weighted by Gasteiger charge is -2.37. The molecule has 8 heteroatoms. The van der Waals surface area contributed by atoms with Crippen molar-refractivity contribution in [2.75, 3.05) is 0 Å². The molecule has 2 aromatic rings. The topological polar surface area (TPSA) is 93.0 Å². The minimum absolute atomic E-state index is 0.0105. The second kappa shape index (κ2) is 7.59. The SMILES string of the molecule is C[C@H](CC1=NS(=O)(=O)C(c2cccc(C(=O)O)c2)C(C)(C)O1)c1ccccc1F. The van der Waals surface area contributed by atoms with Crippen molar-refractivity contribution in [1.29, 1.82) is 0 Å². The Balaban J connectivity index is 1.95. The van der Waals surface area contributed by atoms with E-state index in [1.165, 1.54) is 24.3 Å². The Bertz CT molecular complexity index is 1080. The van der Waals surface area contributed by atoms with Gasteiger partial charge in [0.25, 0.3) is 10.0 Å². The molecule has 0 aliphatic carbocycles. The maximum Gasteiger partial charge on any atom is 0.335 e. The zero-order valence-corrected chi connectivity index (χ0v) is 17.1. The molecule has 1 aliphatic heterocycles. The van der Waals surface area contributed by atoms with Gasteiger partial charge in [0.1, 0.15) is 16.7 Å². The van der Waals surface area contributed by atoms with E-state index >= 15 is 0 Å². The van der Waals surface area contributed by atoms with Gasteiger partial charge in [-0.25, -0.2) is 17.6 Å². The van der Waals surface area contributed by atoms with Gasteiger partial charge in [-0.3, -0.25) is 0 Å². The van der Waals surface area contributed by atoms with Crippen molar-refractivity contribution in [3.8, 4) is 0 Å². The van der Waals surface area contributed by atoms with E-state index in [0.717, 1.165) is 0 Å². The van der Waals surface area contributed by atoms with Crippen molar-refractivity contribution in [2.24, 2.45) is 4.40 Å². The number of carboxylic acids is 1. The van der Waals surface area contributed by atoms with Gasteiger partial charge in [0.15, 0.2) is 0 Å². The molecule has 0 spiro atoms. The van der Waals surface area contributed by atoms with E-state index in [9.17, 15) is 22.7 Å². The minimum atomic E-state index is -4.04. The summed E-state index contributed by atoms with van der Waals surface area (Å²) in [6.07, 6.45) is 0.117. The average Bonchev–Trinajstić information content (AvgIpc) is 2.60. The van der Waals surface area contributed by atoms with Crippen LogP contribution in [0.5, 0.6) is 0 Å². The molecular formula is C21H22FNO5S. The largest absolute Gasteiger partial charge is 0.478 e. The molecule has 0 radical (unpaired) electrons. The third-order valence-corrected chi connectivity index (χ3v) is 6.79. The van der Waals surface area contributed by atoms with Gasteiger partial charge < -0.3 is 9.84 Å². The number of rotatable bonds is 5. The molecule has 0 amide bonds. The molecule has 1 aliphatic rings. The zero-order valence-electron chi connectivity index (χ0n) is 16.3. The maximum atomic E-state index is 14.0. The van der Waals surface area contributed by atoms with Crippen molar-refractivity contribution >= 4 is 21.9 Å². The first-order valence-corrected chi connectivity index (χ1v) is 10.6. The second-order valence-electron chi connectivity index (χ2n) is 7.64. The summed E-state index contributed by atoms with van der Waals surface area (Å²) in [5.41, 5.74) is -0.469. The summed E-state index contributed by atoms with van der Waals surface area (Å²) < 4.78 is 49.8. The molecule has 1 unspecified atom stereocenters. The molecule has 0 bridgehead atoms. The van der Waals surface area contributed by atoms with Crippen molar-refractivity contribution in [1.82, 2.24) is 0 Å². The number of sulfonamides is 1. The molecule has 2 aromatic carbocycles. The Hall–Kier alpha value is -2.74. The van der Waals surface area contributed by atoms with E-state index in [4.69, 9.17) is 4.74 Å². The number of ether oxygens (including phenoxy) is 1. The van der Waals surface area contributed by atoms with Gasteiger partial charge >= 0.3 is 5.97 Å². The van der Waals surface area contributed by atoms with Crippen LogP contribution in [0.3, 0.4) is 0 Å². The molecule has 3 rings (SSSR count). The Morgan fingerprint density at radius 1 is 1.24 bits per heavy atom. The number of hydrogen-bond acceptors (Lipinski definition) is 4. The van der Waals surface area contributed by atoms with E-state index < -0.39 is 26.8 Å². The van der Waals surface area contributed by atoms with Crippen molar-refractivity contribution < 1.29 is 27.4 Å². The zero-order chi connectivity index (χ0) is 21.4. The standard InChI is InChI=1S/C21H22FNO5S/c1-13(16-9-4-5-10-17(16)22)11-18-23-29(26,27)19(21(2,3)28-18)14-7-6-8-15(12-14)20(24)25/h4-10,12-13,19H,11H2,1-3H3,(H,24,25)/t13-,19?/m1/s1. The highest BCUT2D eigenvalue weighted by Crippen LogP contribution is 2.41. The molecule has 1 N–H and O–H groups in total. The van der Waals surface area contributed by atoms with Crippen LogP contribution in [-0.2, 0) is 14.8 Å². The van der Waals surface area contributed by atoms with Crippen LogP contribution in [0.15, 0.2) is 52.9 Å². The first-order valence-electron chi connectivity index (χ1n) is 9.10. The summed E-state index contributed by atoms with van der Waals surface area (Å²) in [4.78, 5) is 11.3. The fraction of sp³-hybridized carbons (Fsp3) is 0.333. The highest BCUT2D eigenvalue weighted by atomic mass is 32.2. The third kappa shape index (κ3) is 4.32. The van der Waals surface area contributed by atoms with Crippen LogP contribution in [0.4, 0.5) is 4.39 Å². The quantitative estimate of drug-likeness (QED) is 0.780. The number of halogens is 1. The number of carboxylic acid groups (broad SMARTS) is 1. The Morgan fingerprint density at radius 3 is 2.55 bits per heavy atom. The fourth-order valence-corrected chi connectivity index (χ4v) is 5.42. The predicted molar refractivity (Wildman–Crippen MR) is 107 cm³/mol. The maximum absolute atomic E-state index is 14.0. The molecule has 0 saturated carbocycles. The third-order valence-electron chi connectivity index (χ3n) is 4.89. The molecule has 29 heavy (non-hydrogen) atoms. The van der Waals surface area contributed by atoms with E-state index in [1.807, 2.05) is 0 Å². The van der Waals surface area contributed by atoms with Crippen LogP contribution in [-0.4, -0.2) is 31.0 Å². The fourth-order valence-electron chi connectivity index (χ4n) is 3.66. The molecule has 0 aromatic heterocycles. The average molecular weight is 419 g/mol. The van der Waals surface area contributed by atoms with Crippen molar-refractivity contribution in [3.05, 3.63) is 71.0 Å². The lowest BCUT2D eigenvalue weighted by molar-refractivity contribution is 0.0692. The smallest absolute Gasteiger partial charge is 0.335 e. The number of aromatic carboxylic acids is 1. The molecule has 2 atom stereocenters. The van der Waals surface area contributed by atoms with Crippen LogP contribution < -0.4 is 0 Å². The Kier molecular flexibility index (Phi) is 5.49. The van der Waals surface area contributed by atoms with Gasteiger partial charge in [-0.1, -0.05) is 37.3 Å². The van der Waals surface area contributed by atoms with Crippen LogP contribution in [0.25, 0.3) is 0 Å². The molecule has 1 heterocycles. The summed E-state index contributed by atoms with van der Waals surface area (Å²) in [5.74, 6) is -1.85. The van der Waals surface area contributed by atoms with E-state index in [2.05, 4.69) is 4.40 Å². The van der Waals surface area contributed by atoms with Crippen LogP contribution in [0.1, 0.15) is 59.8 Å². The molecule has 0 fully saturated rings. The summed E-state index contributed by atoms with van der Waals surface area (Å²) in [5, 5.41) is 8.04. The predicted octanol–water partition coefficient (Wildman–Crippen LogP) is 4.30. The van der Waals surface area contributed by atoms with Crippen LogP contribution >= 0.6 is 0 Å². The minimum Gasteiger partial charge on any atom is -0.478 e. The lowest BCUT2D eigenvalue weighted by Crippen LogP contribution is -2.43. The molecule has 154 valence electrons. The van der Waals surface area contributed by atoms with Gasteiger partial charge in [-0.15, -0.1) is 4.40 Å². The first kappa shape index (κ1) is 21.0. The normalized spacial score (nSPS) is 21.0. The lowest BCUT2D eigenvalue weighted by atomic mass is 9.94. The summed E-state index contributed by atoms with van der Waals surface area (Å²) in [6.45, 7) is 5.00. The highest BCUT2D eigenvalue weighted by molar-refractivity contribution is 7.90. The summed E-state index contributed by atoms with van der Waals surface area (Å²) in [7, 11) is -4.04. The monoisotopic (exact) mass is 419 g/mol. The van der Waals surface area contributed by atoms with E-state index in [-0.39, 0.29) is 29.6 Å². The molecule has 0 saturated heterocycles. The highest BCUT2D eigenvalue weighted by Gasteiger charge is 2.47. The molecular weight excluding hydrogens is 397 g/mol. The Labute approximate surface area is 169 Å². The second-order valence-corrected chi connectivity index (χ2v) is 9.33. The van der Waals surface area contributed by atoms with E-state index in [0.29, 0.717) is 11.1 Å². The number of carbonyl (C=O) groups is 1. The van der Waals surface area contributed by atoms with Crippen molar-refractivity contribution in [2.45, 2.75) is 44.0 Å². The van der Waals surface area contributed by atoms with Gasteiger partial charge in [-0.05, 0) is 49.1 Å². The van der Waals surface area contributed by atoms with Crippen LogP contribution in [0.2, 0.25) is 0 Å². The Morgan fingerprint density at radius 2 is 1.93 bits per heavy atom. The summed E-state index contributed by atoms with van der Waals surface area (Å²) in [6, 6.07) is 12.0. The van der Waals surface area contributed by atoms with E-state index in [1.54, 1.807) is 45.0 Å².